The van der Waals surface area contributed by atoms with Gasteiger partial charge in [0.1, 0.15) is 5.52 Å². The summed E-state index contributed by atoms with van der Waals surface area (Å²) >= 11 is 0. The fourth-order valence-electron chi connectivity index (χ4n) is 2.39. The zero-order valence-electron chi connectivity index (χ0n) is 11.1. The molecule has 8 nitrogen and oxygen atoms in total. The lowest BCUT2D eigenvalue weighted by molar-refractivity contribution is -0.384. The number of nitrogens with zero attached hydrogens (tertiary/aromatic N) is 3. The van der Waals surface area contributed by atoms with E-state index in [1.54, 1.807) is 18.2 Å². The monoisotopic (exact) mass is 299 g/mol. The normalized spacial score (nSPS) is 12.7. The van der Waals surface area contributed by atoms with Gasteiger partial charge in [-0.2, -0.15) is 4.73 Å². The van der Waals surface area contributed by atoms with Gasteiger partial charge in [0.05, 0.1) is 10.4 Å². The van der Waals surface area contributed by atoms with Crippen LogP contribution in [0.4, 0.5) is 5.69 Å². The first-order chi connectivity index (χ1) is 10.6. The maximum absolute atomic E-state index is 10.8. The maximum Gasteiger partial charge on any atom is 0.271 e. The van der Waals surface area contributed by atoms with E-state index < -0.39 is 4.92 Å². The number of fused-ring (bicyclic) bond motifs is 2. The van der Waals surface area contributed by atoms with E-state index in [1.165, 1.54) is 18.2 Å². The standard InChI is InChI=1S/C14H9N3O5/c18-16-11-6-9(17(19)20)2-3-10(11)15-14(16)8-1-4-12-13(5-8)22-7-21-12/h1-6,18H,7H2. The summed E-state index contributed by atoms with van der Waals surface area (Å²) in [5, 5.41) is 21.1. The first-order valence-electron chi connectivity index (χ1n) is 6.39. The minimum atomic E-state index is -0.521. The van der Waals surface area contributed by atoms with Crippen molar-refractivity contribution in [2.75, 3.05) is 6.79 Å². The second-order valence-corrected chi connectivity index (χ2v) is 4.75. The van der Waals surface area contributed by atoms with Gasteiger partial charge in [0.2, 0.25) is 6.79 Å². The van der Waals surface area contributed by atoms with Gasteiger partial charge in [-0.25, -0.2) is 4.98 Å². The zero-order valence-corrected chi connectivity index (χ0v) is 11.1. The van der Waals surface area contributed by atoms with Crippen molar-refractivity contribution in [3.05, 3.63) is 46.5 Å². The van der Waals surface area contributed by atoms with Gasteiger partial charge in [-0.3, -0.25) is 10.1 Å². The number of benzene rings is 2. The highest BCUT2D eigenvalue weighted by Gasteiger charge is 2.19. The van der Waals surface area contributed by atoms with Gasteiger partial charge >= 0.3 is 0 Å². The van der Waals surface area contributed by atoms with Crippen LogP contribution >= 0.6 is 0 Å². The largest absolute Gasteiger partial charge is 0.454 e. The summed E-state index contributed by atoms with van der Waals surface area (Å²) in [4.78, 5) is 14.6. The summed E-state index contributed by atoms with van der Waals surface area (Å²) in [6.45, 7) is 0.153. The smallest absolute Gasteiger partial charge is 0.271 e. The van der Waals surface area contributed by atoms with Crippen molar-refractivity contribution in [2.45, 2.75) is 0 Å². The number of aromatic nitrogens is 2. The van der Waals surface area contributed by atoms with E-state index in [2.05, 4.69) is 4.98 Å². The molecule has 0 spiro atoms. The van der Waals surface area contributed by atoms with Crippen molar-refractivity contribution in [1.82, 2.24) is 9.71 Å². The predicted molar refractivity (Wildman–Crippen MR) is 75.1 cm³/mol. The van der Waals surface area contributed by atoms with Crippen molar-refractivity contribution in [3.8, 4) is 22.9 Å². The number of hydrogen-bond donors (Lipinski definition) is 1. The highest BCUT2D eigenvalue weighted by molar-refractivity contribution is 5.82. The van der Waals surface area contributed by atoms with Crippen LogP contribution in [0.15, 0.2) is 36.4 Å². The SMILES string of the molecule is O=[N+]([O-])c1ccc2nc(-c3ccc4c(c3)OCO4)n(O)c2c1. The first kappa shape index (κ1) is 12.5. The van der Waals surface area contributed by atoms with Crippen LogP contribution in [-0.4, -0.2) is 26.6 Å². The quantitative estimate of drug-likeness (QED) is 0.443. The van der Waals surface area contributed by atoms with Crippen molar-refractivity contribution in [3.63, 3.8) is 0 Å². The molecule has 22 heavy (non-hydrogen) atoms. The Morgan fingerprint density at radius 2 is 2.00 bits per heavy atom. The molecular formula is C14H9N3O5. The molecule has 0 saturated heterocycles. The summed E-state index contributed by atoms with van der Waals surface area (Å²) in [5.74, 6) is 1.46. The summed E-state index contributed by atoms with van der Waals surface area (Å²) in [5.41, 5.74) is 1.23. The van der Waals surface area contributed by atoms with Crippen molar-refractivity contribution in [2.24, 2.45) is 0 Å². The van der Waals surface area contributed by atoms with E-state index in [-0.39, 0.29) is 23.8 Å². The third-order valence-electron chi connectivity index (χ3n) is 3.46. The second-order valence-electron chi connectivity index (χ2n) is 4.75. The molecular weight excluding hydrogens is 290 g/mol. The number of imidazole rings is 1. The molecule has 8 heteroatoms. The highest BCUT2D eigenvalue weighted by atomic mass is 16.7. The Morgan fingerprint density at radius 3 is 2.82 bits per heavy atom. The van der Waals surface area contributed by atoms with E-state index in [0.717, 1.165) is 4.73 Å². The third-order valence-corrected chi connectivity index (χ3v) is 3.46. The number of nitro groups is 1. The average molecular weight is 299 g/mol. The van der Waals surface area contributed by atoms with Crippen molar-refractivity contribution >= 4 is 16.7 Å². The maximum atomic E-state index is 10.8. The molecule has 1 aliphatic rings. The van der Waals surface area contributed by atoms with E-state index in [9.17, 15) is 15.3 Å². The van der Waals surface area contributed by atoms with Crippen LogP contribution in [0.1, 0.15) is 0 Å². The lowest BCUT2D eigenvalue weighted by Crippen LogP contribution is -1.95. The molecule has 0 saturated carbocycles. The van der Waals surface area contributed by atoms with E-state index in [1.807, 2.05) is 0 Å². The van der Waals surface area contributed by atoms with E-state index in [4.69, 9.17) is 9.47 Å². The Balaban J connectivity index is 1.88. The Labute approximate surface area is 123 Å². The van der Waals surface area contributed by atoms with Gasteiger partial charge in [0.15, 0.2) is 17.3 Å². The third kappa shape index (κ3) is 1.74. The summed E-state index contributed by atoms with van der Waals surface area (Å²) < 4.78 is 11.4. The molecule has 3 aromatic rings. The van der Waals surface area contributed by atoms with Gasteiger partial charge in [-0.1, -0.05) is 0 Å². The lowest BCUT2D eigenvalue weighted by Gasteiger charge is -2.02. The van der Waals surface area contributed by atoms with Gasteiger partial charge < -0.3 is 14.7 Å². The summed E-state index contributed by atoms with van der Waals surface area (Å²) in [6, 6.07) is 9.27. The van der Waals surface area contributed by atoms with Gasteiger partial charge in [-0.05, 0) is 24.3 Å². The van der Waals surface area contributed by atoms with E-state index >= 15 is 0 Å². The highest BCUT2D eigenvalue weighted by Crippen LogP contribution is 2.36. The van der Waals surface area contributed by atoms with Crippen LogP contribution in [-0.2, 0) is 0 Å². The summed E-state index contributed by atoms with van der Waals surface area (Å²) in [7, 11) is 0. The predicted octanol–water partition coefficient (Wildman–Crippen LogP) is 2.58. The first-order valence-corrected chi connectivity index (χ1v) is 6.39. The molecule has 0 unspecified atom stereocenters. The van der Waals surface area contributed by atoms with Crippen LogP contribution < -0.4 is 9.47 Å². The van der Waals surface area contributed by atoms with Crippen LogP contribution in [0.5, 0.6) is 11.5 Å². The number of nitro benzene ring substituents is 1. The fourth-order valence-corrected chi connectivity index (χ4v) is 2.39. The van der Waals surface area contributed by atoms with Gasteiger partial charge in [0, 0.05) is 17.7 Å². The van der Waals surface area contributed by atoms with Crippen LogP contribution in [0.2, 0.25) is 0 Å². The Morgan fingerprint density at radius 1 is 1.18 bits per heavy atom. The molecule has 110 valence electrons. The van der Waals surface area contributed by atoms with Gasteiger partial charge in [-0.15, -0.1) is 0 Å². The minimum absolute atomic E-state index is 0.111. The lowest BCUT2D eigenvalue weighted by atomic mass is 10.2. The Kier molecular flexibility index (Phi) is 2.46. The topological polar surface area (TPSA) is 99.7 Å². The molecule has 0 amide bonds. The molecule has 2 aromatic carbocycles. The molecule has 4 rings (SSSR count). The molecule has 1 N–H and O–H groups in total. The van der Waals surface area contributed by atoms with E-state index in [0.29, 0.717) is 22.6 Å². The molecule has 1 aliphatic heterocycles. The summed E-state index contributed by atoms with van der Waals surface area (Å²) in [6.07, 6.45) is 0. The number of hydrogen-bond acceptors (Lipinski definition) is 6. The van der Waals surface area contributed by atoms with Crippen LogP contribution in [0.25, 0.3) is 22.4 Å². The number of non-ortho nitro benzene ring substituents is 1. The molecule has 1 aromatic heterocycles. The molecule has 0 bridgehead atoms. The Hall–Kier alpha value is -3.29. The van der Waals surface area contributed by atoms with Crippen molar-refractivity contribution in [1.29, 1.82) is 0 Å². The average Bonchev–Trinajstić information content (AvgIpc) is 3.11. The van der Waals surface area contributed by atoms with Crippen LogP contribution in [0.3, 0.4) is 0 Å². The van der Waals surface area contributed by atoms with Crippen LogP contribution in [0, 0.1) is 10.1 Å². The molecule has 0 atom stereocenters. The molecule has 2 heterocycles. The Bertz CT molecular complexity index is 918. The van der Waals surface area contributed by atoms with Gasteiger partial charge in [0.25, 0.3) is 5.69 Å². The fraction of sp³-hybridized carbons (Fsp3) is 0.0714. The second kappa shape index (κ2) is 4.35. The minimum Gasteiger partial charge on any atom is -0.454 e. The van der Waals surface area contributed by atoms with Crippen molar-refractivity contribution < 1.29 is 19.6 Å². The molecule has 0 fully saturated rings. The molecule has 0 aliphatic carbocycles. The number of rotatable bonds is 2. The number of ether oxygens (including phenoxy) is 2. The molecule has 0 radical (unpaired) electrons. The zero-order chi connectivity index (χ0) is 15.3.